The summed E-state index contributed by atoms with van der Waals surface area (Å²) in [6, 6.07) is 11.8. The number of benzene rings is 2. The molecule has 2 rings (SSSR count). The third-order valence-electron chi connectivity index (χ3n) is 4.25. The summed E-state index contributed by atoms with van der Waals surface area (Å²) < 4.78 is 5.67. The van der Waals surface area contributed by atoms with Crippen LogP contribution in [-0.4, -0.2) is 12.8 Å². The molecular formula is C20H26N2O2. The summed E-state index contributed by atoms with van der Waals surface area (Å²) in [6.45, 7) is 8.35. The maximum atomic E-state index is 12.2. The highest BCUT2D eigenvalue weighted by atomic mass is 16.5. The Labute approximate surface area is 144 Å². The molecule has 0 aliphatic rings. The van der Waals surface area contributed by atoms with E-state index in [2.05, 4.69) is 24.5 Å². The molecule has 24 heavy (non-hydrogen) atoms. The monoisotopic (exact) mass is 326 g/mol. The van der Waals surface area contributed by atoms with E-state index in [0.29, 0.717) is 0 Å². The number of urea groups is 1. The second kappa shape index (κ2) is 8.39. The van der Waals surface area contributed by atoms with Crippen LogP contribution in [0.2, 0.25) is 0 Å². The minimum Gasteiger partial charge on any atom is -0.473 e. The van der Waals surface area contributed by atoms with Crippen molar-refractivity contribution < 1.29 is 9.53 Å². The molecule has 0 fully saturated rings. The number of aryl methyl sites for hydroxylation is 3. The molecule has 0 aliphatic carbocycles. The van der Waals surface area contributed by atoms with Crippen LogP contribution in [0.25, 0.3) is 0 Å². The molecule has 0 aliphatic heterocycles. The quantitative estimate of drug-likeness (QED) is 0.763. The molecule has 0 unspecified atom stereocenters. The van der Waals surface area contributed by atoms with Crippen LogP contribution in [0.4, 0.5) is 10.5 Å². The van der Waals surface area contributed by atoms with Crippen LogP contribution in [0.15, 0.2) is 36.4 Å². The number of carbonyl (C=O) groups is 1. The van der Waals surface area contributed by atoms with Gasteiger partial charge in [-0.15, -0.1) is 0 Å². The number of hydrogen-bond acceptors (Lipinski definition) is 2. The van der Waals surface area contributed by atoms with E-state index in [9.17, 15) is 4.79 Å². The maximum Gasteiger partial charge on any atom is 0.321 e. The van der Waals surface area contributed by atoms with Gasteiger partial charge in [-0.3, -0.25) is 0 Å². The lowest BCUT2D eigenvalue weighted by atomic mass is 10.0. The van der Waals surface area contributed by atoms with Crippen LogP contribution >= 0.6 is 0 Å². The predicted octanol–water partition coefficient (Wildman–Crippen LogP) is 4.59. The average molecular weight is 326 g/mol. The van der Waals surface area contributed by atoms with Gasteiger partial charge < -0.3 is 15.4 Å². The smallest absolute Gasteiger partial charge is 0.321 e. The molecule has 2 N–H and O–H groups in total. The van der Waals surface area contributed by atoms with Crippen LogP contribution < -0.4 is 15.4 Å². The molecule has 2 amide bonds. The standard InChI is InChI=1S/C20H26N2O2/c1-5-16-10-8-11-17(6-2)19(16)22-20(23)21-13-24-18-12-7-9-14(3)15(18)4/h7-12H,5-6,13H2,1-4H3,(H2,21,22,23). The maximum absolute atomic E-state index is 12.2. The number of nitrogens with one attached hydrogen (secondary N) is 2. The normalized spacial score (nSPS) is 10.3. The van der Waals surface area contributed by atoms with Crippen molar-refractivity contribution in [3.8, 4) is 5.75 Å². The lowest BCUT2D eigenvalue weighted by Gasteiger charge is -2.16. The van der Waals surface area contributed by atoms with Crippen molar-refractivity contribution in [2.45, 2.75) is 40.5 Å². The largest absolute Gasteiger partial charge is 0.473 e. The van der Waals surface area contributed by atoms with E-state index in [1.165, 1.54) is 5.56 Å². The van der Waals surface area contributed by atoms with Gasteiger partial charge in [0.25, 0.3) is 0 Å². The summed E-state index contributed by atoms with van der Waals surface area (Å²) in [5.41, 5.74) is 5.44. The Balaban J connectivity index is 1.96. The first kappa shape index (κ1) is 17.9. The third kappa shape index (κ3) is 4.28. The first-order valence-electron chi connectivity index (χ1n) is 8.41. The van der Waals surface area contributed by atoms with Gasteiger partial charge in [0.05, 0.1) is 0 Å². The van der Waals surface area contributed by atoms with Gasteiger partial charge in [0.15, 0.2) is 6.73 Å². The first-order valence-corrected chi connectivity index (χ1v) is 8.41. The van der Waals surface area contributed by atoms with Crippen molar-refractivity contribution in [1.29, 1.82) is 0 Å². The highest BCUT2D eigenvalue weighted by molar-refractivity contribution is 5.91. The molecule has 0 atom stereocenters. The second-order valence-electron chi connectivity index (χ2n) is 5.78. The van der Waals surface area contributed by atoms with E-state index >= 15 is 0 Å². The van der Waals surface area contributed by atoms with Gasteiger partial charge in [0.2, 0.25) is 0 Å². The van der Waals surface area contributed by atoms with Crippen LogP contribution in [0, 0.1) is 13.8 Å². The molecule has 0 spiro atoms. The van der Waals surface area contributed by atoms with E-state index in [4.69, 9.17) is 4.74 Å². The fraction of sp³-hybridized carbons (Fsp3) is 0.350. The molecule has 2 aromatic rings. The molecule has 0 bridgehead atoms. The van der Waals surface area contributed by atoms with Gasteiger partial charge in [0.1, 0.15) is 5.75 Å². The highest BCUT2D eigenvalue weighted by Gasteiger charge is 2.10. The van der Waals surface area contributed by atoms with Gasteiger partial charge in [-0.1, -0.05) is 44.2 Å². The van der Waals surface area contributed by atoms with Crippen LogP contribution in [0.3, 0.4) is 0 Å². The molecule has 4 heteroatoms. The Hall–Kier alpha value is -2.49. The van der Waals surface area contributed by atoms with Crippen LogP contribution in [-0.2, 0) is 12.8 Å². The lowest BCUT2D eigenvalue weighted by molar-refractivity contribution is 0.234. The molecule has 0 saturated carbocycles. The molecule has 0 radical (unpaired) electrons. The molecular weight excluding hydrogens is 300 g/mol. The van der Waals surface area contributed by atoms with Crippen molar-refractivity contribution in [3.05, 3.63) is 58.7 Å². The second-order valence-corrected chi connectivity index (χ2v) is 5.78. The Kier molecular flexibility index (Phi) is 6.24. The average Bonchev–Trinajstić information content (AvgIpc) is 2.58. The first-order chi connectivity index (χ1) is 11.6. The fourth-order valence-electron chi connectivity index (χ4n) is 2.62. The Morgan fingerprint density at radius 3 is 2.25 bits per heavy atom. The molecule has 4 nitrogen and oxygen atoms in total. The number of carbonyl (C=O) groups excluding carboxylic acids is 1. The van der Waals surface area contributed by atoms with Gasteiger partial charge >= 0.3 is 6.03 Å². The SMILES string of the molecule is CCc1cccc(CC)c1NC(=O)NCOc1cccc(C)c1C. The minimum absolute atomic E-state index is 0.131. The van der Waals surface area contributed by atoms with E-state index in [1.807, 2.05) is 50.2 Å². The Morgan fingerprint density at radius 2 is 1.62 bits per heavy atom. The third-order valence-corrected chi connectivity index (χ3v) is 4.25. The number of anilines is 1. The molecule has 0 aromatic heterocycles. The zero-order valence-corrected chi connectivity index (χ0v) is 14.9. The number of ether oxygens (including phenoxy) is 1. The molecule has 0 saturated heterocycles. The van der Waals surface area contributed by atoms with Crippen molar-refractivity contribution in [3.63, 3.8) is 0 Å². The van der Waals surface area contributed by atoms with E-state index in [0.717, 1.165) is 41.0 Å². The predicted molar refractivity (Wildman–Crippen MR) is 98.8 cm³/mol. The zero-order valence-electron chi connectivity index (χ0n) is 14.9. The van der Waals surface area contributed by atoms with E-state index in [-0.39, 0.29) is 12.8 Å². The number of rotatable bonds is 6. The van der Waals surface area contributed by atoms with Crippen molar-refractivity contribution in [2.24, 2.45) is 0 Å². The Bertz CT molecular complexity index is 689. The highest BCUT2D eigenvalue weighted by Crippen LogP contribution is 2.22. The van der Waals surface area contributed by atoms with Crippen LogP contribution in [0.1, 0.15) is 36.1 Å². The van der Waals surface area contributed by atoms with Gasteiger partial charge in [-0.25, -0.2) is 4.79 Å². The number of amides is 2. The zero-order chi connectivity index (χ0) is 17.5. The summed E-state index contributed by atoms with van der Waals surface area (Å²) in [6.07, 6.45) is 1.75. The molecule has 2 aromatic carbocycles. The van der Waals surface area contributed by atoms with Gasteiger partial charge in [0, 0.05) is 5.69 Å². The lowest BCUT2D eigenvalue weighted by Crippen LogP contribution is -2.32. The topological polar surface area (TPSA) is 50.4 Å². The summed E-state index contributed by atoms with van der Waals surface area (Å²) in [5.74, 6) is 0.790. The number of para-hydroxylation sites is 1. The summed E-state index contributed by atoms with van der Waals surface area (Å²) in [5, 5.41) is 5.72. The van der Waals surface area contributed by atoms with Gasteiger partial charge in [-0.2, -0.15) is 0 Å². The molecule has 128 valence electrons. The minimum atomic E-state index is -0.254. The van der Waals surface area contributed by atoms with Crippen molar-refractivity contribution in [2.75, 3.05) is 12.0 Å². The summed E-state index contributed by atoms with van der Waals surface area (Å²) in [7, 11) is 0. The number of hydrogen-bond donors (Lipinski definition) is 2. The summed E-state index contributed by atoms with van der Waals surface area (Å²) >= 11 is 0. The van der Waals surface area contributed by atoms with Crippen molar-refractivity contribution >= 4 is 11.7 Å². The Morgan fingerprint density at radius 1 is 1.00 bits per heavy atom. The molecule has 0 heterocycles. The van der Waals surface area contributed by atoms with Crippen molar-refractivity contribution in [1.82, 2.24) is 5.32 Å². The van der Waals surface area contributed by atoms with E-state index < -0.39 is 0 Å². The van der Waals surface area contributed by atoms with Crippen LogP contribution in [0.5, 0.6) is 5.75 Å². The van der Waals surface area contributed by atoms with Gasteiger partial charge in [-0.05, 0) is 55.0 Å². The van der Waals surface area contributed by atoms with E-state index in [1.54, 1.807) is 0 Å². The fourth-order valence-corrected chi connectivity index (χ4v) is 2.62. The summed E-state index contributed by atoms with van der Waals surface area (Å²) in [4.78, 5) is 12.2.